The first-order valence-corrected chi connectivity index (χ1v) is 7.79. The summed E-state index contributed by atoms with van der Waals surface area (Å²) in [5.41, 5.74) is 0.312. The Morgan fingerprint density at radius 1 is 1.38 bits per heavy atom. The Bertz CT molecular complexity index is 566. The van der Waals surface area contributed by atoms with Crippen LogP contribution in [0.3, 0.4) is 0 Å². The fourth-order valence-corrected chi connectivity index (χ4v) is 3.95. The molecule has 1 saturated heterocycles. The van der Waals surface area contributed by atoms with Crippen LogP contribution < -0.4 is 4.90 Å². The minimum atomic E-state index is -0.526. The van der Waals surface area contributed by atoms with Crippen molar-refractivity contribution in [1.82, 2.24) is 0 Å². The van der Waals surface area contributed by atoms with Gasteiger partial charge in [-0.1, -0.05) is 24.4 Å². The van der Waals surface area contributed by atoms with Crippen molar-refractivity contribution in [2.75, 3.05) is 18.0 Å². The maximum atomic E-state index is 10.8. The summed E-state index contributed by atoms with van der Waals surface area (Å²) in [7, 11) is 0. The zero-order valence-corrected chi connectivity index (χ0v) is 12.6. The second-order valence-electron chi connectivity index (χ2n) is 6.14. The maximum absolute atomic E-state index is 10.8. The third-order valence-corrected chi connectivity index (χ3v) is 5.21. The molecule has 2 fully saturated rings. The highest BCUT2D eigenvalue weighted by Crippen LogP contribution is 2.42. The molecule has 1 heterocycles. The molecule has 1 aromatic carbocycles. The molecule has 1 N–H and O–H groups in total. The van der Waals surface area contributed by atoms with E-state index in [0.717, 1.165) is 50.9 Å². The minimum Gasteiger partial charge on any atom is -0.389 e. The molecule has 2 unspecified atom stereocenters. The lowest BCUT2D eigenvalue weighted by molar-refractivity contribution is -0.384. The van der Waals surface area contributed by atoms with E-state index in [1.54, 1.807) is 6.07 Å². The van der Waals surface area contributed by atoms with Gasteiger partial charge in [-0.3, -0.25) is 10.1 Å². The van der Waals surface area contributed by atoms with Crippen LogP contribution in [0.2, 0.25) is 5.02 Å². The van der Waals surface area contributed by atoms with Crippen molar-refractivity contribution in [2.45, 2.75) is 37.7 Å². The largest absolute Gasteiger partial charge is 0.389 e. The van der Waals surface area contributed by atoms with Crippen LogP contribution in [0, 0.1) is 16.0 Å². The van der Waals surface area contributed by atoms with Crippen LogP contribution in [0.15, 0.2) is 18.2 Å². The lowest BCUT2D eigenvalue weighted by atomic mass is 9.71. The summed E-state index contributed by atoms with van der Waals surface area (Å²) >= 11 is 6.21. The Labute approximate surface area is 128 Å². The molecule has 0 amide bonds. The fraction of sp³-hybridized carbons (Fsp3) is 0.600. The molecular formula is C15H19ClN2O3. The van der Waals surface area contributed by atoms with E-state index >= 15 is 0 Å². The van der Waals surface area contributed by atoms with Crippen molar-refractivity contribution < 1.29 is 10.0 Å². The minimum absolute atomic E-state index is 0.00920. The molecule has 114 valence electrons. The van der Waals surface area contributed by atoms with Crippen LogP contribution in [0.1, 0.15) is 32.1 Å². The number of non-ortho nitro benzene ring substituents is 1. The van der Waals surface area contributed by atoms with E-state index in [0.29, 0.717) is 5.02 Å². The second kappa shape index (κ2) is 5.46. The van der Waals surface area contributed by atoms with Crippen LogP contribution in [-0.2, 0) is 0 Å². The number of hydrogen-bond donors (Lipinski definition) is 1. The molecule has 0 aromatic heterocycles. The molecule has 1 saturated carbocycles. The molecule has 0 spiro atoms. The maximum Gasteiger partial charge on any atom is 0.271 e. The number of piperidine rings is 1. The van der Waals surface area contributed by atoms with Gasteiger partial charge in [0.05, 0.1) is 21.2 Å². The van der Waals surface area contributed by atoms with Gasteiger partial charge in [-0.05, 0) is 25.3 Å². The molecule has 2 atom stereocenters. The average Bonchev–Trinajstić information content (AvgIpc) is 2.46. The van der Waals surface area contributed by atoms with E-state index in [2.05, 4.69) is 4.90 Å². The van der Waals surface area contributed by atoms with Crippen molar-refractivity contribution in [2.24, 2.45) is 5.92 Å². The Balaban J connectivity index is 1.81. The van der Waals surface area contributed by atoms with Gasteiger partial charge in [-0.25, -0.2) is 0 Å². The lowest BCUT2D eigenvalue weighted by Crippen LogP contribution is -2.53. The Morgan fingerprint density at radius 3 is 2.90 bits per heavy atom. The highest BCUT2D eigenvalue weighted by atomic mass is 35.5. The van der Waals surface area contributed by atoms with E-state index in [4.69, 9.17) is 11.6 Å². The molecule has 1 aliphatic heterocycles. The highest BCUT2D eigenvalue weighted by Gasteiger charge is 2.43. The number of fused-ring (bicyclic) bond motifs is 1. The molecule has 3 rings (SSSR count). The number of rotatable bonds is 2. The first-order chi connectivity index (χ1) is 9.99. The average molecular weight is 311 g/mol. The summed E-state index contributed by atoms with van der Waals surface area (Å²) in [5.74, 6) is 0.270. The monoisotopic (exact) mass is 310 g/mol. The van der Waals surface area contributed by atoms with Gasteiger partial charge >= 0.3 is 0 Å². The van der Waals surface area contributed by atoms with Gasteiger partial charge in [-0.15, -0.1) is 0 Å². The molecule has 2 aliphatic rings. The second-order valence-corrected chi connectivity index (χ2v) is 6.54. The third-order valence-electron chi connectivity index (χ3n) is 4.91. The molecular weight excluding hydrogens is 292 g/mol. The van der Waals surface area contributed by atoms with Crippen molar-refractivity contribution >= 4 is 23.0 Å². The zero-order chi connectivity index (χ0) is 15.0. The highest BCUT2D eigenvalue weighted by molar-refractivity contribution is 6.33. The number of nitrogens with zero attached hydrogens (tertiary/aromatic N) is 2. The molecule has 6 heteroatoms. The van der Waals surface area contributed by atoms with Crippen LogP contribution >= 0.6 is 11.6 Å². The Kier molecular flexibility index (Phi) is 3.80. The smallest absolute Gasteiger partial charge is 0.271 e. The van der Waals surface area contributed by atoms with Crippen LogP contribution in [0.4, 0.5) is 11.4 Å². The zero-order valence-electron chi connectivity index (χ0n) is 11.8. The van der Waals surface area contributed by atoms with Gasteiger partial charge in [0.1, 0.15) is 0 Å². The number of benzene rings is 1. The third kappa shape index (κ3) is 2.72. The van der Waals surface area contributed by atoms with Gasteiger partial charge in [0, 0.05) is 31.1 Å². The molecule has 1 aliphatic carbocycles. The quantitative estimate of drug-likeness (QED) is 0.671. The molecule has 0 radical (unpaired) electrons. The molecule has 1 aromatic rings. The first kappa shape index (κ1) is 14.6. The van der Waals surface area contributed by atoms with E-state index in [1.165, 1.54) is 12.1 Å². The topological polar surface area (TPSA) is 66.6 Å². The van der Waals surface area contributed by atoms with E-state index in [9.17, 15) is 15.2 Å². The molecule has 0 bridgehead atoms. The molecule has 5 nitrogen and oxygen atoms in total. The fourth-order valence-electron chi connectivity index (χ4n) is 3.66. The van der Waals surface area contributed by atoms with Gasteiger partial charge in [0.2, 0.25) is 0 Å². The summed E-state index contributed by atoms with van der Waals surface area (Å²) in [6, 6.07) is 4.61. The number of nitro benzene ring substituents is 1. The summed E-state index contributed by atoms with van der Waals surface area (Å²) in [6.07, 6.45) is 4.93. The first-order valence-electron chi connectivity index (χ1n) is 7.41. The van der Waals surface area contributed by atoms with Crippen LogP contribution in [0.5, 0.6) is 0 Å². The van der Waals surface area contributed by atoms with Crippen LogP contribution in [-0.4, -0.2) is 28.7 Å². The van der Waals surface area contributed by atoms with Gasteiger partial charge < -0.3 is 10.0 Å². The number of hydrogen-bond acceptors (Lipinski definition) is 4. The standard InChI is InChI=1S/C15H19ClN2O3/c16-13-9-12(18(20)21)4-5-14(13)17-8-7-15(19)6-2-1-3-11(15)10-17/h4-5,9,11,19H,1-3,6-8,10H2. The Hall–Kier alpha value is -1.33. The van der Waals surface area contributed by atoms with Gasteiger partial charge in [0.15, 0.2) is 0 Å². The van der Waals surface area contributed by atoms with E-state index in [1.807, 2.05) is 0 Å². The predicted octanol–water partition coefficient (Wildman–Crippen LogP) is 3.38. The van der Waals surface area contributed by atoms with Crippen molar-refractivity contribution in [3.63, 3.8) is 0 Å². The Morgan fingerprint density at radius 2 is 2.19 bits per heavy atom. The summed E-state index contributed by atoms with van der Waals surface area (Å²) in [6.45, 7) is 1.51. The number of aliphatic hydroxyl groups is 1. The number of nitro groups is 1. The normalized spacial score (nSPS) is 29.0. The van der Waals surface area contributed by atoms with Crippen molar-refractivity contribution in [3.05, 3.63) is 33.3 Å². The summed E-state index contributed by atoms with van der Waals surface area (Å²) in [5, 5.41) is 21.9. The lowest BCUT2D eigenvalue weighted by Gasteiger charge is -2.48. The van der Waals surface area contributed by atoms with Gasteiger partial charge in [-0.2, -0.15) is 0 Å². The predicted molar refractivity (Wildman–Crippen MR) is 81.8 cm³/mol. The summed E-state index contributed by atoms with van der Waals surface area (Å²) < 4.78 is 0. The van der Waals surface area contributed by atoms with E-state index in [-0.39, 0.29) is 11.6 Å². The summed E-state index contributed by atoms with van der Waals surface area (Å²) in [4.78, 5) is 12.5. The van der Waals surface area contributed by atoms with Crippen molar-refractivity contribution in [1.29, 1.82) is 0 Å². The molecule has 21 heavy (non-hydrogen) atoms. The van der Waals surface area contributed by atoms with E-state index < -0.39 is 10.5 Å². The van der Waals surface area contributed by atoms with Crippen LogP contribution in [0.25, 0.3) is 0 Å². The van der Waals surface area contributed by atoms with Crippen molar-refractivity contribution in [3.8, 4) is 0 Å². The van der Waals surface area contributed by atoms with Gasteiger partial charge in [0.25, 0.3) is 5.69 Å². The number of anilines is 1. The SMILES string of the molecule is O=[N+]([O-])c1ccc(N2CCC3(O)CCCCC3C2)c(Cl)c1. The number of halogens is 1.